The van der Waals surface area contributed by atoms with E-state index in [0.717, 1.165) is 4.57 Å². The lowest BCUT2D eigenvalue weighted by atomic mass is 10.2. The van der Waals surface area contributed by atoms with Crippen LogP contribution in [-0.4, -0.2) is 29.3 Å². The van der Waals surface area contributed by atoms with Gasteiger partial charge in [0.25, 0.3) is 5.56 Å². The van der Waals surface area contributed by atoms with Crippen molar-refractivity contribution in [1.29, 1.82) is 0 Å². The maximum absolute atomic E-state index is 12.6. The zero-order chi connectivity index (χ0) is 18.5. The van der Waals surface area contributed by atoms with Gasteiger partial charge in [-0.05, 0) is 33.3 Å². The molecule has 1 aromatic rings. The summed E-state index contributed by atoms with van der Waals surface area (Å²) in [6, 6.07) is 0.352. The molecule has 1 N–H and O–H groups in total. The molecule has 132 valence electrons. The summed E-state index contributed by atoms with van der Waals surface area (Å²) in [6.45, 7) is 8.64. The molecule has 24 heavy (non-hydrogen) atoms. The smallest absolute Gasteiger partial charge is 0.412 e. The largest absolute Gasteiger partial charge is 0.467 e. The van der Waals surface area contributed by atoms with E-state index in [1.165, 1.54) is 25.4 Å². The highest BCUT2D eigenvalue weighted by molar-refractivity contribution is 6.30. The lowest BCUT2D eigenvalue weighted by Crippen LogP contribution is -2.34. The zero-order valence-electron chi connectivity index (χ0n) is 14.1. The molecule has 0 fully saturated rings. The first-order valence-electron chi connectivity index (χ1n) is 7.19. The maximum atomic E-state index is 12.6. The van der Waals surface area contributed by atoms with Gasteiger partial charge in [0.05, 0.1) is 12.1 Å². The fourth-order valence-electron chi connectivity index (χ4n) is 1.92. The minimum atomic E-state index is -0.933. The topological polar surface area (TPSA) is 86.6 Å². The highest BCUT2D eigenvalue weighted by atomic mass is 35.5. The number of ether oxygens (including phenoxy) is 2. The molecule has 1 amide bonds. The van der Waals surface area contributed by atoms with Crippen LogP contribution in [0.15, 0.2) is 29.7 Å². The lowest BCUT2D eigenvalue weighted by molar-refractivity contribution is -0.144. The molecule has 0 saturated carbocycles. The summed E-state index contributed by atoms with van der Waals surface area (Å²) in [4.78, 5) is 36.3. The average molecular weight is 357 g/mol. The molecular formula is C16H21ClN2O5. The van der Waals surface area contributed by atoms with Crippen LogP contribution in [0.4, 0.5) is 10.5 Å². The van der Waals surface area contributed by atoms with Crippen molar-refractivity contribution in [3.63, 3.8) is 0 Å². The Labute approximate surface area is 145 Å². The first kappa shape index (κ1) is 19.8. The predicted molar refractivity (Wildman–Crippen MR) is 91.4 cm³/mol. The van der Waals surface area contributed by atoms with E-state index < -0.39 is 29.3 Å². The molecule has 0 radical (unpaired) electrons. The Hall–Kier alpha value is -2.28. The number of nitrogens with zero attached hydrogens (tertiary/aromatic N) is 1. The van der Waals surface area contributed by atoms with Gasteiger partial charge in [0, 0.05) is 6.20 Å². The Morgan fingerprint density at radius 3 is 2.58 bits per heavy atom. The number of carbonyl (C=O) groups is 2. The van der Waals surface area contributed by atoms with E-state index in [1.807, 2.05) is 0 Å². The molecule has 1 atom stereocenters. The molecule has 0 saturated heterocycles. The summed E-state index contributed by atoms with van der Waals surface area (Å²) < 4.78 is 10.9. The van der Waals surface area contributed by atoms with Crippen molar-refractivity contribution >= 4 is 29.4 Å². The third kappa shape index (κ3) is 5.42. The van der Waals surface area contributed by atoms with Crippen molar-refractivity contribution in [2.75, 3.05) is 12.4 Å². The Kier molecular flexibility index (Phi) is 6.60. The van der Waals surface area contributed by atoms with Gasteiger partial charge in [0.2, 0.25) is 0 Å². The van der Waals surface area contributed by atoms with Crippen LogP contribution in [0.2, 0.25) is 5.02 Å². The van der Waals surface area contributed by atoms with Crippen molar-refractivity contribution in [3.8, 4) is 0 Å². The molecule has 0 aliphatic carbocycles. The van der Waals surface area contributed by atoms with E-state index in [0.29, 0.717) is 0 Å². The summed E-state index contributed by atoms with van der Waals surface area (Å²) in [7, 11) is 1.22. The third-order valence-corrected chi connectivity index (χ3v) is 3.05. The van der Waals surface area contributed by atoms with Gasteiger partial charge in [0.15, 0.2) is 0 Å². The number of amides is 1. The number of allylic oxidation sites excluding steroid dienone is 1. The number of hydrogen-bond acceptors (Lipinski definition) is 5. The number of anilines is 1. The highest BCUT2D eigenvalue weighted by Gasteiger charge is 2.24. The van der Waals surface area contributed by atoms with Crippen LogP contribution in [0.25, 0.3) is 0 Å². The summed E-state index contributed by atoms with van der Waals surface area (Å²) in [5.41, 5.74) is -1.43. The lowest BCUT2D eigenvalue weighted by Gasteiger charge is -2.20. The van der Waals surface area contributed by atoms with Crippen LogP contribution < -0.4 is 10.9 Å². The van der Waals surface area contributed by atoms with Crippen LogP contribution >= 0.6 is 11.6 Å². The zero-order valence-corrected chi connectivity index (χ0v) is 14.8. The van der Waals surface area contributed by atoms with Crippen molar-refractivity contribution < 1.29 is 19.1 Å². The van der Waals surface area contributed by atoms with Gasteiger partial charge in [-0.2, -0.15) is 0 Å². The van der Waals surface area contributed by atoms with E-state index in [4.69, 9.17) is 21.1 Å². The summed E-state index contributed by atoms with van der Waals surface area (Å²) in [5.74, 6) is -0.623. The molecule has 8 heteroatoms. The summed E-state index contributed by atoms with van der Waals surface area (Å²) in [6.07, 6.45) is 2.15. The monoisotopic (exact) mass is 356 g/mol. The second-order valence-electron chi connectivity index (χ2n) is 5.97. The molecule has 1 heterocycles. The standard InChI is InChI=1S/C16H21ClN2O5/c1-6-7-12(14(21)23-5)19-9-10(17)8-11(13(19)20)18-15(22)24-16(2,3)4/h6,8-9,12H,1,7H2,2-5H3,(H,18,22)/t12-/m0/s1. The molecule has 0 aliphatic rings. The minimum Gasteiger partial charge on any atom is -0.467 e. The SMILES string of the molecule is C=CC[C@@H](C(=O)OC)n1cc(Cl)cc(NC(=O)OC(C)(C)C)c1=O. The Balaban J connectivity index is 3.24. The van der Waals surface area contributed by atoms with Gasteiger partial charge >= 0.3 is 12.1 Å². The number of aromatic nitrogens is 1. The minimum absolute atomic E-state index is 0.102. The van der Waals surface area contributed by atoms with Crippen molar-refractivity contribution in [2.24, 2.45) is 0 Å². The van der Waals surface area contributed by atoms with Crippen LogP contribution in [0, 0.1) is 0 Å². The fraction of sp³-hybridized carbons (Fsp3) is 0.438. The molecule has 1 rings (SSSR count). The number of rotatable bonds is 5. The van der Waals surface area contributed by atoms with Crippen LogP contribution in [-0.2, 0) is 14.3 Å². The first-order chi connectivity index (χ1) is 11.1. The van der Waals surface area contributed by atoms with Gasteiger partial charge in [-0.1, -0.05) is 17.7 Å². The number of methoxy groups -OCH3 is 1. The van der Waals surface area contributed by atoms with E-state index >= 15 is 0 Å². The van der Waals surface area contributed by atoms with Gasteiger partial charge in [-0.3, -0.25) is 14.7 Å². The number of esters is 1. The van der Waals surface area contributed by atoms with Crippen LogP contribution in [0.3, 0.4) is 0 Å². The van der Waals surface area contributed by atoms with Gasteiger partial charge in [-0.25, -0.2) is 9.59 Å². The van der Waals surface area contributed by atoms with E-state index in [2.05, 4.69) is 11.9 Å². The third-order valence-electron chi connectivity index (χ3n) is 2.84. The van der Waals surface area contributed by atoms with Gasteiger partial charge in [0.1, 0.15) is 17.3 Å². The van der Waals surface area contributed by atoms with E-state index in [-0.39, 0.29) is 17.1 Å². The van der Waals surface area contributed by atoms with Crippen LogP contribution in [0.1, 0.15) is 33.2 Å². The molecule has 0 unspecified atom stereocenters. The molecular weight excluding hydrogens is 336 g/mol. The number of hydrogen-bond donors (Lipinski definition) is 1. The molecule has 0 aliphatic heterocycles. The second-order valence-corrected chi connectivity index (χ2v) is 6.41. The number of nitrogens with one attached hydrogen (secondary N) is 1. The molecule has 7 nitrogen and oxygen atoms in total. The quantitative estimate of drug-likeness (QED) is 0.647. The number of carbonyl (C=O) groups excluding carboxylic acids is 2. The maximum Gasteiger partial charge on any atom is 0.412 e. The molecule has 0 aromatic carbocycles. The Morgan fingerprint density at radius 2 is 2.08 bits per heavy atom. The Morgan fingerprint density at radius 1 is 1.46 bits per heavy atom. The van der Waals surface area contributed by atoms with Gasteiger partial charge in [-0.15, -0.1) is 6.58 Å². The average Bonchev–Trinajstić information content (AvgIpc) is 2.45. The van der Waals surface area contributed by atoms with E-state index in [1.54, 1.807) is 20.8 Å². The second kappa shape index (κ2) is 8.01. The predicted octanol–water partition coefficient (Wildman–Crippen LogP) is 3.14. The number of pyridine rings is 1. The first-order valence-corrected chi connectivity index (χ1v) is 7.57. The van der Waals surface area contributed by atoms with Gasteiger partial charge < -0.3 is 9.47 Å². The molecule has 1 aromatic heterocycles. The highest BCUT2D eigenvalue weighted by Crippen LogP contribution is 2.19. The number of halogens is 1. The normalized spacial score (nSPS) is 12.2. The van der Waals surface area contributed by atoms with Crippen LogP contribution in [0.5, 0.6) is 0 Å². The molecule has 0 spiro atoms. The van der Waals surface area contributed by atoms with Crippen molar-refractivity contribution in [2.45, 2.75) is 38.8 Å². The summed E-state index contributed by atoms with van der Waals surface area (Å²) in [5, 5.41) is 2.51. The van der Waals surface area contributed by atoms with E-state index in [9.17, 15) is 14.4 Å². The van der Waals surface area contributed by atoms with Crippen molar-refractivity contribution in [3.05, 3.63) is 40.3 Å². The summed E-state index contributed by atoms with van der Waals surface area (Å²) >= 11 is 6.00. The van der Waals surface area contributed by atoms with Crippen molar-refractivity contribution in [1.82, 2.24) is 4.57 Å². The fourth-order valence-corrected chi connectivity index (χ4v) is 2.13. The Bertz CT molecular complexity index is 691. The molecule has 0 bridgehead atoms.